The Morgan fingerprint density at radius 3 is 2.28 bits per heavy atom. The SMILES string of the molecule is CC(C(=O)O)N1CCC(N2CCN(c3ccc(C=N)cn3)CC2C)CC1.CCC.CNC. The number of nitrogens with one attached hydrogen (secondary N) is 2. The van der Waals surface area contributed by atoms with E-state index in [0.29, 0.717) is 12.1 Å². The Kier molecular flexibility index (Phi) is 13.1. The van der Waals surface area contributed by atoms with E-state index in [4.69, 9.17) is 5.41 Å². The van der Waals surface area contributed by atoms with Crippen molar-refractivity contribution < 1.29 is 9.90 Å². The first-order valence-corrected chi connectivity index (χ1v) is 11.8. The summed E-state index contributed by atoms with van der Waals surface area (Å²) in [6.45, 7) is 12.9. The van der Waals surface area contributed by atoms with Gasteiger partial charge in [-0.2, -0.15) is 0 Å². The van der Waals surface area contributed by atoms with Crippen molar-refractivity contribution in [2.24, 2.45) is 0 Å². The van der Waals surface area contributed by atoms with Crippen molar-refractivity contribution in [1.82, 2.24) is 20.1 Å². The Morgan fingerprint density at radius 2 is 1.84 bits per heavy atom. The maximum Gasteiger partial charge on any atom is 0.320 e. The number of hydrogen-bond acceptors (Lipinski definition) is 7. The molecule has 2 atom stereocenters. The van der Waals surface area contributed by atoms with E-state index < -0.39 is 5.97 Å². The second kappa shape index (κ2) is 14.9. The molecule has 3 N–H and O–H groups in total. The molecule has 2 saturated heterocycles. The fourth-order valence-corrected chi connectivity index (χ4v) is 4.15. The lowest BCUT2D eigenvalue weighted by molar-refractivity contribution is -0.143. The van der Waals surface area contributed by atoms with E-state index in [2.05, 4.69) is 45.8 Å². The Balaban J connectivity index is 0.000000769. The third kappa shape index (κ3) is 8.48. The lowest BCUT2D eigenvalue weighted by atomic mass is 9.98. The zero-order chi connectivity index (χ0) is 24.1. The highest BCUT2D eigenvalue weighted by Crippen LogP contribution is 2.24. The van der Waals surface area contributed by atoms with Gasteiger partial charge in [0.1, 0.15) is 11.9 Å². The molecule has 0 aromatic carbocycles. The van der Waals surface area contributed by atoms with Gasteiger partial charge in [0.2, 0.25) is 0 Å². The smallest absolute Gasteiger partial charge is 0.320 e. The Morgan fingerprint density at radius 1 is 1.25 bits per heavy atom. The van der Waals surface area contributed by atoms with Crippen LogP contribution in [-0.4, -0.2) is 97.0 Å². The zero-order valence-electron chi connectivity index (χ0n) is 20.8. The van der Waals surface area contributed by atoms with E-state index >= 15 is 0 Å². The largest absolute Gasteiger partial charge is 0.480 e. The number of likely N-dealkylation sites (tertiary alicyclic amines) is 1. The summed E-state index contributed by atoms with van der Waals surface area (Å²) in [6.07, 6.45) is 6.39. The lowest BCUT2D eigenvalue weighted by Crippen LogP contribution is -2.58. The van der Waals surface area contributed by atoms with Crippen LogP contribution in [0.3, 0.4) is 0 Å². The highest BCUT2D eigenvalue weighted by molar-refractivity contribution is 5.76. The summed E-state index contributed by atoms with van der Waals surface area (Å²) in [6, 6.07) is 4.53. The van der Waals surface area contributed by atoms with Crippen molar-refractivity contribution in [3.63, 3.8) is 0 Å². The summed E-state index contributed by atoms with van der Waals surface area (Å²) < 4.78 is 0. The Bertz CT molecular complexity index is 659. The summed E-state index contributed by atoms with van der Waals surface area (Å²) in [7, 11) is 3.75. The third-order valence-corrected chi connectivity index (χ3v) is 5.81. The van der Waals surface area contributed by atoms with Crippen molar-refractivity contribution in [2.75, 3.05) is 51.7 Å². The normalized spacial score (nSPS) is 20.9. The van der Waals surface area contributed by atoms with Crippen molar-refractivity contribution >= 4 is 18.0 Å². The number of piperidine rings is 1. The van der Waals surface area contributed by atoms with Crippen LogP contribution in [0.25, 0.3) is 0 Å². The molecule has 1 aromatic rings. The molecule has 2 unspecified atom stereocenters. The number of aliphatic carboxylic acids is 1. The summed E-state index contributed by atoms with van der Waals surface area (Å²) >= 11 is 0. The van der Waals surface area contributed by atoms with E-state index in [9.17, 15) is 9.90 Å². The van der Waals surface area contributed by atoms with Crippen LogP contribution in [0, 0.1) is 5.41 Å². The molecule has 182 valence electrons. The lowest BCUT2D eigenvalue weighted by Gasteiger charge is -2.47. The van der Waals surface area contributed by atoms with Crippen LogP contribution in [0.2, 0.25) is 0 Å². The molecule has 32 heavy (non-hydrogen) atoms. The second-order valence-corrected chi connectivity index (χ2v) is 8.62. The molecule has 3 rings (SSSR count). The van der Waals surface area contributed by atoms with E-state index in [1.54, 1.807) is 13.1 Å². The van der Waals surface area contributed by atoms with Crippen LogP contribution in [0.1, 0.15) is 52.5 Å². The standard InChI is InChI=1S/C19H29N5O2.C3H8.C2H7N/c1-14-13-23(18-4-3-16(11-20)12-21-18)9-10-24(14)17-5-7-22(8-6-17)15(2)19(25)26;2*1-3-2/h3-4,11-12,14-15,17,20H,5-10,13H2,1-2H3,(H,25,26);3H2,1-2H3;3H,1-2H3. The predicted octanol–water partition coefficient (Wildman–Crippen LogP) is 2.78. The highest BCUT2D eigenvalue weighted by atomic mass is 16.4. The number of rotatable bonds is 5. The topological polar surface area (TPSA) is 95.8 Å². The van der Waals surface area contributed by atoms with Crippen LogP contribution in [0.4, 0.5) is 5.82 Å². The van der Waals surface area contributed by atoms with Crippen molar-refractivity contribution in [2.45, 2.75) is 65.1 Å². The minimum Gasteiger partial charge on any atom is -0.480 e. The molecule has 3 heterocycles. The first-order chi connectivity index (χ1) is 15.3. The third-order valence-electron chi connectivity index (χ3n) is 5.81. The Hall–Kier alpha value is -2.03. The summed E-state index contributed by atoms with van der Waals surface area (Å²) in [5.41, 5.74) is 0.822. The van der Waals surface area contributed by atoms with Gasteiger partial charge in [-0.05, 0) is 52.9 Å². The van der Waals surface area contributed by atoms with Crippen LogP contribution in [-0.2, 0) is 4.79 Å². The molecule has 8 heteroatoms. The molecule has 0 amide bonds. The summed E-state index contributed by atoms with van der Waals surface area (Å²) in [4.78, 5) is 22.6. The first-order valence-electron chi connectivity index (χ1n) is 11.8. The van der Waals surface area contributed by atoms with Crippen molar-refractivity contribution in [1.29, 1.82) is 5.41 Å². The van der Waals surface area contributed by atoms with Gasteiger partial charge < -0.3 is 20.7 Å². The monoisotopic (exact) mass is 448 g/mol. The van der Waals surface area contributed by atoms with Gasteiger partial charge in [0.25, 0.3) is 0 Å². The highest BCUT2D eigenvalue weighted by Gasteiger charge is 2.33. The summed E-state index contributed by atoms with van der Waals surface area (Å²) in [5.74, 6) is 0.249. The number of carbonyl (C=O) groups is 1. The molecule has 0 radical (unpaired) electrons. The molecular formula is C24H44N6O2. The quantitative estimate of drug-likeness (QED) is 0.596. The van der Waals surface area contributed by atoms with Crippen molar-refractivity contribution in [3.8, 4) is 0 Å². The van der Waals surface area contributed by atoms with Crippen LogP contribution >= 0.6 is 0 Å². The minimum atomic E-state index is -0.730. The molecule has 0 bridgehead atoms. The zero-order valence-corrected chi connectivity index (χ0v) is 20.8. The molecule has 0 saturated carbocycles. The fourth-order valence-electron chi connectivity index (χ4n) is 4.15. The molecule has 8 nitrogen and oxygen atoms in total. The van der Waals surface area contributed by atoms with Gasteiger partial charge in [-0.3, -0.25) is 14.6 Å². The number of nitrogens with zero attached hydrogens (tertiary/aromatic N) is 4. The molecular weight excluding hydrogens is 404 g/mol. The van der Waals surface area contributed by atoms with Gasteiger partial charge in [-0.25, -0.2) is 4.98 Å². The number of anilines is 1. The van der Waals surface area contributed by atoms with E-state index in [-0.39, 0.29) is 6.04 Å². The minimum absolute atomic E-state index is 0.389. The van der Waals surface area contributed by atoms with Gasteiger partial charge in [0.05, 0.1) is 0 Å². The van der Waals surface area contributed by atoms with Crippen molar-refractivity contribution in [3.05, 3.63) is 23.9 Å². The number of hydrogen-bond donors (Lipinski definition) is 3. The number of carboxylic acid groups (broad SMARTS) is 1. The number of piperazine rings is 1. The fraction of sp³-hybridized carbons (Fsp3) is 0.708. The molecule has 1 aromatic heterocycles. The number of carboxylic acids is 1. The number of aromatic nitrogens is 1. The average Bonchev–Trinajstić information content (AvgIpc) is 2.80. The van der Waals surface area contributed by atoms with Crippen LogP contribution < -0.4 is 10.2 Å². The first kappa shape index (κ1) is 28.0. The van der Waals surface area contributed by atoms with E-state index in [1.807, 2.05) is 26.2 Å². The average molecular weight is 449 g/mol. The molecule has 0 aliphatic carbocycles. The maximum atomic E-state index is 11.2. The van der Waals surface area contributed by atoms with Gasteiger partial charge in [0, 0.05) is 62.8 Å². The van der Waals surface area contributed by atoms with Gasteiger partial charge in [-0.1, -0.05) is 20.3 Å². The maximum absolute atomic E-state index is 11.2. The van der Waals surface area contributed by atoms with E-state index in [1.165, 1.54) is 12.6 Å². The molecule has 2 aliphatic heterocycles. The van der Waals surface area contributed by atoms with Gasteiger partial charge in [0.15, 0.2) is 0 Å². The van der Waals surface area contributed by atoms with Gasteiger partial charge in [-0.15, -0.1) is 0 Å². The molecule has 2 aliphatic rings. The van der Waals surface area contributed by atoms with Crippen LogP contribution in [0.15, 0.2) is 18.3 Å². The van der Waals surface area contributed by atoms with Gasteiger partial charge >= 0.3 is 5.97 Å². The predicted molar refractivity (Wildman–Crippen MR) is 133 cm³/mol. The second-order valence-electron chi connectivity index (χ2n) is 8.62. The summed E-state index contributed by atoms with van der Waals surface area (Å²) in [5, 5.41) is 19.2. The molecule has 2 fully saturated rings. The van der Waals surface area contributed by atoms with E-state index in [0.717, 1.165) is 56.9 Å². The Labute approximate surface area is 194 Å². The van der Waals surface area contributed by atoms with Crippen LogP contribution in [0.5, 0.6) is 0 Å². The molecule has 0 spiro atoms. The number of pyridine rings is 1.